The molecule has 21 heavy (non-hydrogen) atoms. The van der Waals surface area contributed by atoms with Gasteiger partial charge in [0.2, 0.25) is 0 Å². The smallest absolute Gasteiger partial charge is 0.417 e. The van der Waals surface area contributed by atoms with Gasteiger partial charge in [0.15, 0.2) is 5.69 Å². The number of anilines is 1. The molecule has 2 heterocycles. The van der Waals surface area contributed by atoms with Crippen molar-refractivity contribution in [2.45, 2.75) is 20.0 Å². The molecule has 2 aromatic rings. The zero-order chi connectivity index (χ0) is 15.9. The Balaban J connectivity index is 2.86. The highest BCUT2D eigenvalue weighted by atomic mass is 19.4. The molecule has 0 bridgehead atoms. The van der Waals surface area contributed by atoms with Crippen LogP contribution in [-0.4, -0.2) is 22.1 Å². The zero-order valence-electron chi connectivity index (χ0n) is 11.7. The molecule has 0 fully saturated rings. The maximum absolute atomic E-state index is 13.2. The Hall–Kier alpha value is -2.25. The van der Waals surface area contributed by atoms with Gasteiger partial charge in [-0.15, -0.1) is 0 Å². The Labute approximate surface area is 118 Å². The van der Waals surface area contributed by atoms with E-state index in [0.717, 1.165) is 6.07 Å². The highest BCUT2D eigenvalue weighted by molar-refractivity contribution is 6.06. The van der Waals surface area contributed by atoms with Crippen LogP contribution >= 0.6 is 0 Å². The summed E-state index contributed by atoms with van der Waals surface area (Å²) in [6.07, 6.45) is -4.59. The Morgan fingerprint density at radius 3 is 2.62 bits per heavy atom. The summed E-state index contributed by atoms with van der Waals surface area (Å²) in [4.78, 5) is 15.9. The maximum Gasteiger partial charge on any atom is 0.417 e. The van der Waals surface area contributed by atoms with Crippen molar-refractivity contribution >= 4 is 22.7 Å². The number of alkyl halides is 3. The first-order valence-electron chi connectivity index (χ1n) is 6.18. The van der Waals surface area contributed by atoms with Crippen molar-refractivity contribution in [2.24, 2.45) is 7.05 Å². The highest BCUT2D eigenvalue weighted by Crippen LogP contribution is 2.39. The van der Waals surface area contributed by atoms with Crippen molar-refractivity contribution in [3.05, 3.63) is 23.0 Å². The molecule has 0 spiro atoms. The lowest BCUT2D eigenvalue weighted by molar-refractivity contribution is -0.136. The number of rotatable bonds is 2. The Kier molecular flexibility index (Phi) is 3.56. The molecule has 8 heteroatoms. The van der Waals surface area contributed by atoms with Crippen LogP contribution in [0.15, 0.2) is 6.07 Å². The van der Waals surface area contributed by atoms with Crippen molar-refractivity contribution in [1.29, 1.82) is 0 Å². The van der Waals surface area contributed by atoms with E-state index in [2.05, 4.69) is 4.98 Å². The Morgan fingerprint density at radius 2 is 2.10 bits per heavy atom. The maximum atomic E-state index is 13.2. The summed E-state index contributed by atoms with van der Waals surface area (Å²) in [6.45, 7) is 3.14. The minimum Gasteiger partial charge on any atom is -0.461 e. The van der Waals surface area contributed by atoms with Crippen molar-refractivity contribution < 1.29 is 22.7 Å². The largest absolute Gasteiger partial charge is 0.461 e. The molecule has 0 aliphatic carbocycles. The fraction of sp³-hybridized carbons (Fsp3) is 0.385. The molecule has 5 nitrogen and oxygen atoms in total. The fourth-order valence-corrected chi connectivity index (χ4v) is 2.24. The molecule has 0 aliphatic heterocycles. The molecule has 0 amide bonds. The lowest BCUT2D eigenvalue weighted by Gasteiger charge is -2.09. The van der Waals surface area contributed by atoms with Crippen LogP contribution in [0.1, 0.15) is 28.7 Å². The Bertz CT molecular complexity index is 720. The lowest BCUT2D eigenvalue weighted by Crippen LogP contribution is -2.12. The van der Waals surface area contributed by atoms with E-state index in [1.165, 1.54) is 18.5 Å². The first-order chi connectivity index (χ1) is 9.68. The average molecular weight is 301 g/mol. The number of pyridine rings is 1. The number of nitrogens with two attached hydrogens (primary N) is 1. The predicted octanol–water partition coefficient (Wildman–Crippen LogP) is 2.66. The number of fused-ring (bicyclic) bond motifs is 1. The normalized spacial score (nSPS) is 11.9. The standard InChI is InChI=1S/C13H14F3N3O2/c1-4-21-12(20)10-9(17)8-7(13(14,15)16)5-6(2)18-11(8)19(10)3/h5H,4,17H2,1-3H3. The summed E-state index contributed by atoms with van der Waals surface area (Å²) in [5.41, 5.74) is 4.64. The highest BCUT2D eigenvalue weighted by Gasteiger charge is 2.36. The van der Waals surface area contributed by atoms with Gasteiger partial charge in [0.25, 0.3) is 0 Å². The molecule has 0 unspecified atom stereocenters. The van der Waals surface area contributed by atoms with Crippen LogP contribution in [0.4, 0.5) is 18.9 Å². The first-order valence-corrected chi connectivity index (χ1v) is 6.18. The number of esters is 1. The number of aryl methyl sites for hydroxylation is 2. The monoisotopic (exact) mass is 301 g/mol. The number of halogens is 3. The van der Waals surface area contributed by atoms with Gasteiger partial charge in [0.05, 0.1) is 23.2 Å². The van der Waals surface area contributed by atoms with Crippen LogP contribution in [0.5, 0.6) is 0 Å². The van der Waals surface area contributed by atoms with Crippen LogP contribution in [0.2, 0.25) is 0 Å². The number of carbonyl (C=O) groups excluding carboxylic acids is 1. The van der Waals surface area contributed by atoms with Gasteiger partial charge in [0.1, 0.15) is 5.65 Å². The van der Waals surface area contributed by atoms with Gasteiger partial charge in [-0.25, -0.2) is 9.78 Å². The van der Waals surface area contributed by atoms with Crippen molar-refractivity contribution in [3.63, 3.8) is 0 Å². The lowest BCUT2D eigenvalue weighted by atomic mass is 10.1. The van der Waals surface area contributed by atoms with Crippen LogP contribution in [0.3, 0.4) is 0 Å². The number of carbonyl (C=O) groups is 1. The average Bonchev–Trinajstić information content (AvgIpc) is 2.60. The van der Waals surface area contributed by atoms with Gasteiger partial charge in [0, 0.05) is 12.7 Å². The molecule has 2 aromatic heterocycles. The summed E-state index contributed by atoms with van der Waals surface area (Å²) >= 11 is 0. The molecule has 0 saturated heterocycles. The third-order valence-electron chi connectivity index (χ3n) is 3.08. The molecule has 0 radical (unpaired) electrons. The van der Waals surface area contributed by atoms with Crippen molar-refractivity contribution in [2.75, 3.05) is 12.3 Å². The number of nitrogen functional groups attached to an aromatic ring is 1. The summed E-state index contributed by atoms with van der Waals surface area (Å²) in [6, 6.07) is 0.910. The number of hydrogen-bond donors (Lipinski definition) is 1. The second-order valence-corrected chi connectivity index (χ2v) is 4.55. The quantitative estimate of drug-likeness (QED) is 0.866. The van der Waals surface area contributed by atoms with Crippen molar-refractivity contribution in [3.8, 4) is 0 Å². The molecule has 0 aromatic carbocycles. The minimum absolute atomic E-state index is 0.00266. The van der Waals surface area contributed by atoms with Crippen LogP contribution in [0, 0.1) is 6.92 Å². The second-order valence-electron chi connectivity index (χ2n) is 4.55. The Morgan fingerprint density at radius 1 is 1.48 bits per heavy atom. The first kappa shape index (κ1) is 15.1. The zero-order valence-corrected chi connectivity index (χ0v) is 11.7. The molecule has 2 N–H and O–H groups in total. The van der Waals surface area contributed by atoms with Gasteiger partial charge >= 0.3 is 12.1 Å². The van der Waals surface area contributed by atoms with Gasteiger partial charge in [-0.3, -0.25) is 0 Å². The van der Waals surface area contributed by atoms with E-state index < -0.39 is 17.7 Å². The van der Waals surface area contributed by atoms with E-state index in [1.807, 2.05) is 0 Å². The summed E-state index contributed by atoms with van der Waals surface area (Å²) in [5.74, 6) is -0.777. The molecule has 114 valence electrons. The van der Waals surface area contributed by atoms with Gasteiger partial charge < -0.3 is 15.0 Å². The third kappa shape index (κ3) is 2.41. The third-order valence-corrected chi connectivity index (χ3v) is 3.08. The topological polar surface area (TPSA) is 70.1 Å². The number of ether oxygens (including phenoxy) is 1. The van der Waals surface area contributed by atoms with Gasteiger partial charge in [-0.2, -0.15) is 13.2 Å². The summed E-state index contributed by atoms with van der Waals surface area (Å²) in [5, 5.41) is -0.279. The van der Waals surface area contributed by atoms with Crippen LogP contribution in [-0.2, 0) is 18.0 Å². The summed E-state index contributed by atoms with van der Waals surface area (Å²) in [7, 11) is 1.43. The van der Waals surface area contributed by atoms with Gasteiger partial charge in [-0.1, -0.05) is 0 Å². The SMILES string of the molecule is CCOC(=O)c1c(N)c2c(C(F)(F)F)cc(C)nc2n1C. The molecule has 2 rings (SSSR count). The molecular weight excluding hydrogens is 287 g/mol. The van der Waals surface area contributed by atoms with Crippen LogP contribution in [0.25, 0.3) is 11.0 Å². The molecular formula is C13H14F3N3O2. The van der Waals surface area contributed by atoms with Crippen molar-refractivity contribution in [1.82, 2.24) is 9.55 Å². The number of hydrogen-bond acceptors (Lipinski definition) is 4. The number of nitrogens with zero attached hydrogens (tertiary/aromatic N) is 2. The molecule has 0 atom stereocenters. The summed E-state index contributed by atoms with van der Waals surface area (Å²) < 4.78 is 45.5. The molecule has 0 saturated carbocycles. The predicted molar refractivity (Wildman–Crippen MR) is 70.8 cm³/mol. The van der Waals surface area contributed by atoms with E-state index in [-0.39, 0.29) is 34.7 Å². The van der Waals surface area contributed by atoms with Crippen LogP contribution < -0.4 is 5.73 Å². The van der Waals surface area contributed by atoms with E-state index in [9.17, 15) is 18.0 Å². The van der Waals surface area contributed by atoms with Gasteiger partial charge in [-0.05, 0) is 19.9 Å². The van der Waals surface area contributed by atoms with E-state index in [4.69, 9.17) is 10.5 Å². The fourth-order valence-electron chi connectivity index (χ4n) is 2.24. The second kappa shape index (κ2) is 4.94. The number of aromatic nitrogens is 2. The molecule has 0 aliphatic rings. The van der Waals surface area contributed by atoms with E-state index in [0.29, 0.717) is 0 Å². The van der Waals surface area contributed by atoms with E-state index in [1.54, 1.807) is 6.92 Å². The van der Waals surface area contributed by atoms with E-state index >= 15 is 0 Å². The minimum atomic E-state index is -4.59.